The minimum absolute atomic E-state index is 0.0187. The lowest BCUT2D eigenvalue weighted by molar-refractivity contribution is -0.116. The summed E-state index contributed by atoms with van der Waals surface area (Å²) in [5, 5.41) is 10.2. The van der Waals surface area contributed by atoms with Gasteiger partial charge in [0.25, 0.3) is 0 Å². The van der Waals surface area contributed by atoms with E-state index in [-0.39, 0.29) is 23.2 Å². The second-order valence-corrected chi connectivity index (χ2v) is 8.46. The first-order valence-corrected chi connectivity index (χ1v) is 10.2. The summed E-state index contributed by atoms with van der Waals surface area (Å²) >= 11 is 0. The number of sulfone groups is 1. The maximum Gasteiger partial charge on any atom is 0.322 e. The van der Waals surface area contributed by atoms with Gasteiger partial charge in [-0.3, -0.25) is 10.1 Å². The highest BCUT2D eigenvalue weighted by Crippen LogP contribution is 2.32. The molecule has 0 atom stereocenters. The molecule has 26 heavy (non-hydrogen) atoms. The van der Waals surface area contributed by atoms with Crippen LogP contribution in [0.4, 0.5) is 10.4 Å². The Morgan fingerprint density at radius 3 is 2.54 bits per heavy atom. The van der Waals surface area contributed by atoms with Crippen molar-refractivity contribution >= 4 is 21.8 Å². The van der Waals surface area contributed by atoms with Gasteiger partial charge >= 0.3 is 6.01 Å². The van der Waals surface area contributed by atoms with E-state index < -0.39 is 27.3 Å². The van der Waals surface area contributed by atoms with Crippen molar-refractivity contribution in [1.29, 1.82) is 0 Å². The number of anilines is 1. The van der Waals surface area contributed by atoms with Gasteiger partial charge in [-0.2, -0.15) is 0 Å². The topological polar surface area (TPSA) is 102 Å². The van der Waals surface area contributed by atoms with Crippen LogP contribution in [0.5, 0.6) is 0 Å². The second kappa shape index (κ2) is 7.94. The first-order valence-electron chi connectivity index (χ1n) is 8.55. The summed E-state index contributed by atoms with van der Waals surface area (Å²) in [6, 6.07) is 4.47. The molecule has 0 unspecified atom stereocenters. The summed E-state index contributed by atoms with van der Waals surface area (Å²) in [5.41, 5.74) is 0. The van der Waals surface area contributed by atoms with Crippen molar-refractivity contribution in [2.75, 3.05) is 11.1 Å². The fourth-order valence-electron chi connectivity index (χ4n) is 2.97. The van der Waals surface area contributed by atoms with E-state index in [1.807, 2.05) is 0 Å². The molecule has 0 saturated heterocycles. The van der Waals surface area contributed by atoms with Crippen molar-refractivity contribution < 1.29 is 22.0 Å². The van der Waals surface area contributed by atoms with Gasteiger partial charge in [0.2, 0.25) is 11.8 Å². The molecule has 1 aliphatic carbocycles. The van der Waals surface area contributed by atoms with E-state index >= 15 is 0 Å². The minimum atomic E-state index is -3.67. The maximum atomic E-state index is 12.9. The second-order valence-electron chi connectivity index (χ2n) is 6.35. The van der Waals surface area contributed by atoms with Crippen LogP contribution >= 0.6 is 0 Å². The van der Waals surface area contributed by atoms with E-state index in [1.165, 1.54) is 18.6 Å². The molecule has 1 N–H and O–H groups in total. The minimum Gasteiger partial charge on any atom is -0.408 e. The number of carbonyl (C=O) groups is 1. The van der Waals surface area contributed by atoms with Gasteiger partial charge in [0.1, 0.15) is 5.82 Å². The number of nitrogens with zero attached hydrogens (tertiary/aromatic N) is 2. The number of rotatable bonds is 6. The van der Waals surface area contributed by atoms with Crippen LogP contribution in [0.25, 0.3) is 0 Å². The van der Waals surface area contributed by atoms with Crippen molar-refractivity contribution in [3.05, 3.63) is 36.0 Å². The zero-order valence-corrected chi connectivity index (χ0v) is 15.0. The SMILES string of the molecule is O=C(CCS(=O)(=O)c1ccc(F)cc1)Nc1nnc(C2CCCCC2)o1. The zero-order valence-electron chi connectivity index (χ0n) is 14.2. The third-order valence-corrected chi connectivity index (χ3v) is 6.14. The molecule has 0 spiro atoms. The molecule has 9 heteroatoms. The molecule has 1 heterocycles. The lowest BCUT2D eigenvalue weighted by Crippen LogP contribution is -2.17. The molecular weight excluding hydrogens is 361 g/mol. The molecule has 140 valence electrons. The van der Waals surface area contributed by atoms with Gasteiger partial charge in [-0.25, -0.2) is 12.8 Å². The molecule has 2 aromatic rings. The molecule has 3 rings (SSSR count). The summed E-state index contributed by atoms with van der Waals surface area (Å²) < 4.78 is 42.7. The average Bonchev–Trinajstić information content (AvgIpc) is 3.10. The van der Waals surface area contributed by atoms with E-state index in [4.69, 9.17) is 4.42 Å². The monoisotopic (exact) mass is 381 g/mol. The van der Waals surface area contributed by atoms with Crippen LogP contribution in [0.2, 0.25) is 0 Å². The highest BCUT2D eigenvalue weighted by atomic mass is 32.2. The van der Waals surface area contributed by atoms with Crippen LogP contribution in [0.1, 0.15) is 50.3 Å². The molecule has 1 fully saturated rings. The van der Waals surface area contributed by atoms with Crippen LogP contribution in [0, 0.1) is 5.82 Å². The molecule has 0 radical (unpaired) electrons. The van der Waals surface area contributed by atoms with E-state index in [9.17, 15) is 17.6 Å². The standard InChI is InChI=1S/C17H20FN3O4S/c18-13-6-8-14(9-7-13)26(23,24)11-10-15(22)19-17-21-20-16(25-17)12-4-2-1-3-5-12/h6-9,12H,1-5,10-11H2,(H,19,21,22). The highest BCUT2D eigenvalue weighted by molar-refractivity contribution is 7.91. The first-order chi connectivity index (χ1) is 12.4. The van der Waals surface area contributed by atoms with Crippen molar-refractivity contribution in [2.45, 2.75) is 49.3 Å². The van der Waals surface area contributed by atoms with Crippen molar-refractivity contribution in [1.82, 2.24) is 10.2 Å². The lowest BCUT2D eigenvalue weighted by atomic mass is 9.89. The Balaban J connectivity index is 1.54. The Kier molecular flexibility index (Phi) is 5.65. The smallest absolute Gasteiger partial charge is 0.322 e. The first kappa shape index (κ1) is 18.5. The molecule has 0 aliphatic heterocycles. The molecule has 0 bridgehead atoms. The van der Waals surface area contributed by atoms with Crippen LogP contribution in [-0.4, -0.2) is 30.3 Å². The van der Waals surface area contributed by atoms with E-state index in [1.54, 1.807) is 0 Å². The van der Waals surface area contributed by atoms with Gasteiger partial charge in [0.05, 0.1) is 10.6 Å². The zero-order chi connectivity index (χ0) is 18.6. The van der Waals surface area contributed by atoms with Crippen LogP contribution in [0.3, 0.4) is 0 Å². The Morgan fingerprint density at radius 2 is 1.85 bits per heavy atom. The lowest BCUT2D eigenvalue weighted by Gasteiger charge is -2.17. The van der Waals surface area contributed by atoms with Gasteiger partial charge < -0.3 is 4.42 Å². The Labute approximate surface area is 150 Å². The number of benzene rings is 1. The Bertz CT molecular complexity index is 858. The van der Waals surface area contributed by atoms with Gasteiger partial charge in [-0.1, -0.05) is 24.4 Å². The average molecular weight is 381 g/mol. The van der Waals surface area contributed by atoms with E-state index in [0.717, 1.165) is 37.8 Å². The molecule has 1 aromatic heterocycles. The number of hydrogen-bond donors (Lipinski definition) is 1. The molecular formula is C17H20FN3O4S. The maximum absolute atomic E-state index is 12.9. The third kappa shape index (κ3) is 4.66. The summed E-state index contributed by atoms with van der Waals surface area (Å²) in [6.45, 7) is 0. The van der Waals surface area contributed by atoms with Gasteiger partial charge in [0, 0.05) is 12.3 Å². The largest absolute Gasteiger partial charge is 0.408 e. The predicted molar refractivity (Wildman–Crippen MR) is 91.8 cm³/mol. The quantitative estimate of drug-likeness (QED) is 0.772. The Hall–Kier alpha value is -2.29. The molecule has 1 aromatic carbocycles. The molecule has 1 saturated carbocycles. The number of halogens is 1. The van der Waals surface area contributed by atoms with Gasteiger partial charge in [-0.15, -0.1) is 5.10 Å². The van der Waals surface area contributed by atoms with E-state index in [0.29, 0.717) is 5.89 Å². The van der Waals surface area contributed by atoms with Crippen molar-refractivity contribution in [3.8, 4) is 0 Å². The Morgan fingerprint density at radius 1 is 1.15 bits per heavy atom. The molecule has 1 aliphatic rings. The van der Waals surface area contributed by atoms with Crippen molar-refractivity contribution in [3.63, 3.8) is 0 Å². The van der Waals surface area contributed by atoms with E-state index in [2.05, 4.69) is 15.5 Å². The number of aromatic nitrogens is 2. The normalized spacial score (nSPS) is 15.7. The summed E-state index contributed by atoms with van der Waals surface area (Å²) in [4.78, 5) is 11.9. The number of amides is 1. The van der Waals surface area contributed by atoms with Crippen LogP contribution in [0.15, 0.2) is 33.6 Å². The summed E-state index contributed by atoms with van der Waals surface area (Å²) in [5.74, 6) is -0.713. The fraction of sp³-hybridized carbons (Fsp3) is 0.471. The predicted octanol–water partition coefficient (Wildman–Crippen LogP) is 3.06. The van der Waals surface area contributed by atoms with Gasteiger partial charge in [0.15, 0.2) is 9.84 Å². The van der Waals surface area contributed by atoms with Crippen LogP contribution in [-0.2, 0) is 14.6 Å². The molecule has 7 nitrogen and oxygen atoms in total. The number of hydrogen-bond acceptors (Lipinski definition) is 6. The number of carbonyl (C=O) groups excluding carboxylic acids is 1. The number of nitrogens with one attached hydrogen (secondary N) is 1. The third-order valence-electron chi connectivity index (χ3n) is 4.41. The highest BCUT2D eigenvalue weighted by Gasteiger charge is 2.22. The molecule has 1 amide bonds. The van der Waals surface area contributed by atoms with Gasteiger partial charge in [-0.05, 0) is 37.1 Å². The van der Waals surface area contributed by atoms with Crippen LogP contribution < -0.4 is 5.32 Å². The summed E-state index contributed by atoms with van der Waals surface area (Å²) in [7, 11) is -3.67. The fourth-order valence-corrected chi connectivity index (χ4v) is 4.21. The summed E-state index contributed by atoms with van der Waals surface area (Å²) in [6.07, 6.45) is 5.17. The van der Waals surface area contributed by atoms with Crippen molar-refractivity contribution in [2.24, 2.45) is 0 Å².